The van der Waals surface area contributed by atoms with Gasteiger partial charge < -0.3 is 20.4 Å². The van der Waals surface area contributed by atoms with Gasteiger partial charge in [0.2, 0.25) is 0 Å². The Morgan fingerprint density at radius 1 is 0.444 bits per heavy atom. The van der Waals surface area contributed by atoms with Crippen LogP contribution >= 0.6 is 0 Å². The van der Waals surface area contributed by atoms with Gasteiger partial charge in [-0.15, -0.1) is 0 Å². The van der Waals surface area contributed by atoms with Crippen LogP contribution in [0.1, 0.15) is 142 Å². The minimum absolute atomic E-state index is 0.332. The molecule has 0 aliphatic rings. The molecule has 0 atom stereocenters. The van der Waals surface area contributed by atoms with Crippen molar-refractivity contribution in [1.29, 1.82) is 0 Å². The predicted octanol–water partition coefficient (Wildman–Crippen LogP) is 7.70. The molecule has 8 heteroatoms. The summed E-state index contributed by atoms with van der Waals surface area (Å²) in [6.45, 7) is 4.41. The lowest BCUT2D eigenvalue weighted by Crippen LogP contribution is -2.09. The fourth-order valence-electron chi connectivity index (χ4n) is 3.23. The maximum Gasteiger partial charge on any atom is 0.414 e. The van der Waals surface area contributed by atoms with Crippen molar-refractivity contribution in [3.63, 3.8) is 0 Å². The van der Waals surface area contributed by atoms with Crippen LogP contribution in [0, 0.1) is 0 Å². The first kappa shape index (κ1) is 38.2. The highest BCUT2D eigenvalue weighted by atomic mass is 16.4. The van der Waals surface area contributed by atoms with Crippen molar-refractivity contribution in [3.05, 3.63) is 12.2 Å². The van der Waals surface area contributed by atoms with Gasteiger partial charge in [-0.2, -0.15) is 0 Å². The summed E-state index contributed by atoms with van der Waals surface area (Å²) in [5, 5.41) is 31.6. The summed E-state index contributed by atoms with van der Waals surface area (Å²) in [4.78, 5) is 38.6. The van der Waals surface area contributed by atoms with Gasteiger partial charge in [-0.05, 0) is 38.5 Å². The molecule has 0 fully saturated rings. The number of allylic oxidation sites excluding steroid dienone is 2. The molecule has 0 unspecified atom stereocenters. The van der Waals surface area contributed by atoms with Gasteiger partial charge in [-0.1, -0.05) is 103 Å². The van der Waals surface area contributed by atoms with Gasteiger partial charge >= 0.3 is 23.9 Å². The molecule has 0 bridgehead atoms. The van der Waals surface area contributed by atoms with Crippen molar-refractivity contribution in [2.45, 2.75) is 142 Å². The normalized spacial score (nSPS) is 10.2. The van der Waals surface area contributed by atoms with E-state index in [-0.39, 0.29) is 0 Å². The molecule has 0 amide bonds. The minimum Gasteiger partial charge on any atom is -0.481 e. The first-order valence-electron chi connectivity index (χ1n) is 13.7. The fraction of sp³-hybridized carbons (Fsp3) is 0.786. The Labute approximate surface area is 218 Å². The van der Waals surface area contributed by atoms with Gasteiger partial charge in [-0.3, -0.25) is 9.59 Å². The summed E-state index contributed by atoms with van der Waals surface area (Å²) >= 11 is 0. The van der Waals surface area contributed by atoms with Crippen LogP contribution in [0.25, 0.3) is 0 Å². The molecule has 36 heavy (non-hydrogen) atoms. The van der Waals surface area contributed by atoms with E-state index in [4.69, 9.17) is 30.0 Å². The Kier molecular flexibility index (Phi) is 34.6. The van der Waals surface area contributed by atoms with E-state index >= 15 is 0 Å². The fourth-order valence-corrected chi connectivity index (χ4v) is 3.23. The number of unbranched alkanes of at least 4 members (excludes halogenated alkanes) is 15. The number of carbonyl (C=O) groups is 4. The van der Waals surface area contributed by atoms with E-state index in [1.807, 2.05) is 0 Å². The smallest absolute Gasteiger partial charge is 0.414 e. The van der Waals surface area contributed by atoms with Crippen LogP contribution in [0.4, 0.5) is 0 Å². The number of carboxylic acids is 4. The third-order valence-electron chi connectivity index (χ3n) is 5.33. The van der Waals surface area contributed by atoms with Crippen LogP contribution in [0.3, 0.4) is 0 Å². The number of hydrogen-bond donors (Lipinski definition) is 4. The van der Waals surface area contributed by atoms with Crippen LogP contribution in [0.2, 0.25) is 0 Å². The first-order chi connectivity index (χ1) is 17.2. The molecule has 8 nitrogen and oxygen atoms in total. The summed E-state index contributed by atoms with van der Waals surface area (Å²) in [5.74, 6) is -4.98. The first-order valence-corrected chi connectivity index (χ1v) is 13.7. The molecule has 0 spiro atoms. The van der Waals surface area contributed by atoms with E-state index in [0.717, 1.165) is 25.7 Å². The molecule has 0 aromatic carbocycles. The largest absolute Gasteiger partial charge is 0.481 e. The van der Waals surface area contributed by atoms with E-state index in [9.17, 15) is 9.59 Å². The molecule has 0 heterocycles. The van der Waals surface area contributed by atoms with E-state index in [1.54, 1.807) is 0 Å². The monoisotopic (exact) mass is 516 g/mol. The van der Waals surface area contributed by atoms with Gasteiger partial charge in [0.25, 0.3) is 0 Å². The third kappa shape index (κ3) is 45.2. The van der Waals surface area contributed by atoms with E-state index in [2.05, 4.69) is 26.0 Å². The number of aliphatic carboxylic acids is 4. The molecule has 0 aliphatic heterocycles. The second-order valence-electron chi connectivity index (χ2n) is 8.90. The second-order valence-corrected chi connectivity index (χ2v) is 8.90. The van der Waals surface area contributed by atoms with Crippen molar-refractivity contribution in [1.82, 2.24) is 0 Å². The Morgan fingerprint density at radius 3 is 1.00 bits per heavy atom. The van der Waals surface area contributed by atoms with Crippen molar-refractivity contribution in [2.24, 2.45) is 0 Å². The zero-order chi connectivity index (χ0) is 27.9. The summed E-state index contributed by atoms with van der Waals surface area (Å²) in [6, 6.07) is 0. The van der Waals surface area contributed by atoms with Crippen LogP contribution in [-0.2, 0) is 19.2 Å². The van der Waals surface area contributed by atoms with Gasteiger partial charge in [0.05, 0.1) is 0 Å². The molecule has 212 valence electrons. The van der Waals surface area contributed by atoms with E-state index in [1.165, 1.54) is 89.9 Å². The zero-order valence-electron chi connectivity index (χ0n) is 22.7. The van der Waals surface area contributed by atoms with Gasteiger partial charge in [-0.25, -0.2) is 9.59 Å². The maximum absolute atomic E-state index is 10.3. The van der Waals surface area contributed by atoms with Gasteiger partial charge in [0, 0.05) is 12.8 Å². The molecule has 0 aromatic heterocycles. The number of carboxylic acid groups (broad SMARTS) is 4. The Hall–Kier alpha value is -2.38. The molecule has 4 N–H and O–H groups in total. The highest BCUT2D eigenvalue weighted by Crippen LogP contribution is 2.10. The zero-order valence-corrected chi connectivity index (χ0v) is 22.7. The van der Waals surface area contributed by atoms with Crippen LogP contribution in [0.5, 0.6) is 0 Å². The quantitative estimate of drug-likeness (QED) is 0.0688. The standard InChI is InChI=1S/C18H34O2.C8H16O2.C2H2O4/c1-2-3-4-5-6-7-8-9-10-11-12-13-14-15-16-17-18(19)20;1-2-3-4-5-6-7-8(9)10;3-1(4)2(5)6/h9-10H,2-8,11-17H2,1H3,(H,19,20);2-7H2,1H3,(H,9,10);(H,3,4)(H,5,6)/b10-9-;;. The molecular formula is C28H52O8. The second kappa shape index (κ2) is 32.6. The maximum atomic E-state index is 10.3. The van der Waals surface area contributed by atoms with Crippen molar-refractivity contribution >= 4 is 23.9 Å². The Balaban J connectivity index is -0.000000561. The van der Waals surface area contributed by atoms with Crippen molar-refractivity contribution in [3.8, 4) is 0 Å². The Morgan fingerprint density at radius 2 is 0.722 bits per heavy atom. The molecule has 0 aliphatic carbocycles. The number of rotatable bonds is 21. The van der Waals surface area contributed by atoms with Crippen LogP contribution in [-0.4, -0.2) is 44.3 Å². The molecule has 0 aromatic rings. The average molecular weight is 517 g/mol. The van der Waals surface area contributed by atoms with Gasteiger partial charge in [0.1, 0.15) is 0 Å². The summed E-state index contributed by atoms with van der Waals surface area (Å²) < 4.78 is 0. The van der Waals surface area contributed by atoms with Crippen molar-refractivity contribution < 1.29 is 39.6 Å². The topological polar surface area (TPSA) is 149 Å². The number of hydrogen-bond acceptors (Lipinski definition) is 4. The molecule has 0 saturated heterocycles. The van der Waals surface area contributed by atoms with Gasteiger partial charge in [0.15, 0.2) is 0 Å². The van der Waals surface area contributed by atoms with E-state index < -0.39 is 23.9 Å². The SMILES string of the molecule is CCCCCCCC(=O)O.CCCCCCCC/C=C\CCCCCCCC(=O)O.O=C(O)C(=O)O. The minimum atomic E-state index is -1.82. The van der Waals surface area contributed by atoms with E-state index in [0.29, 0.717) is 12.8 Å². The lowest BCUT2D eigenvalue weighted by Gasteiger charge is -1.99. The molecule has 0 rings (SSSR count). The molecular weight excluding hydrogens is 464 g/mol. The molecule has 0 radical (unpaired) electrons. The van der Waals surface area contributed by atoms with Crippen LogP contribution in [0.15, 0.2) is 12.2 Å². The van der Waals surface area contributed by atoms with Crippen LogP contribution < -0.4 is 0 Å². The highest BCUT2D eigenvalue weighted by Gasteiger charge is 2.04. The lowest BCUT2D eigenvalue weighted by molar-refractivity contribution is -0.159. The van der Waals surface area contributed by atoms with Crippen molar-refractivity contribution in [2.75, 3.05) is 0 Å². The Bertz CT molecular complexity index is 546. The lowest BCUT2D eigenvalue weighted by atomic mass is 10.1. The highest BCUT2D eigenvalue weighted by molar-refractivity contribution is 6.27. The third-order valence-corrected chi connectivity index (χ3v) is 5.33. The summed E-state index contributed by atoms with van der Waals surface area (Å²) in [6.07, 6.45) is 27.1. The summed E-state index contributed by atoms with van der Waals surface area (Å²) in [5.41, 5.74) is 0. The predicted molar refractivity (Wildman–Crippen MR) is 143 cm³/mol. The summed E-state index contributed by atoms with van der Waals surface area (Å²) in [7, 11) is 0. The average Bonchev–Trinajstić information content (AvgIpc) is 2.82. The molecule has 0 saturated carbocycles.